The summed E-state index contributed by atoms with van der Waals surface area (Å²) >= 11 is 5.48. The van der Waals surface area contributed by atoms with Crippen LogP contribution in [0.5, 0.6) is 5.75 Å². The van der Waals surface area contributed by atoms with Gasteiger partial charge in [0.15, 0.2) is 0 Å². The molecule has 3 rings (SSSR count). The topological polar surface area (TPSA) is 32.3 Å². The summed E-state index contributed by atoms with van der Waals surface area (Å²) in [6.07, 6.45) is 8.71. The molecule has 0 saturated carbocycles. The minimum atomic E-state index is 0.206. The fourth-order valence-corrected chi connectivity index (χ4v) is 2.84. The van der Waals surface area contributed by atoms with E-state index in [2.05, 4.69) is 5.32 Å². The van der Waals surface area contributed by atoms with E-state index in [1.54, 1.807) is 18.2 Å². The van der Waals surface area contributed by atoms with Crippen molar-refractivity contribution in [2.75, 3.05) is 0 Å². The first-order valence-corrected chi connectivity index (χ1v) is 6.82. The first-order chi connectivity index (χ1) is 8.24. The molecule has 2 aliphatic heterocycles. The van der Waals surface area contributed by atoms with Crippen molar-refractivity contribution in [3.63, 3.8) is 0 Å². The van der Waals surface area contributed by atoms with Gasteiger partial charge in [0.05, 0.1) is 0 Å². The Morgan fingerprint density at radius 3 is 2.00 bits per heavy atom. The lowest BCUT2D eigenvalue weighted by Crippen LogP contribution is -2.45. The number of aromatic hydroxyl groups is 1. The first kappa shape index (κ1) is 12.7. The Balaban J connectivity index is 0.000000128. The SMILES string of the molecule is C1CC2CCCC(C1)N2.Oc1cccc(Cl)c1. The molecule has 0 atom stereocenters. The summed E-state index contributed by atoms with van der Waals surface area (Å²) in [4.78, 5) is 0. The van der Waals surface area contributed by atoms with Crippen LogP contribution in [0.4, 0.5) is 0 Å². The molecular formula is C14H20ClNO. The molecule has 2 fully saturated rings. The average Bonchev–Trinajstić information content (AvgIpc) is 2.29. The Morgan fingerprint density at radius 2 is 1.65 bits per heavy atom. The predicted molar refractivity (Wildman–Crippen MR) is 71.5 cm³/mol. The molecule has 1 aromatic rings. The van der Waals surface area contributed by atoms with Crippen LogP contribution in [0.1, 0.15) is 38.5 Å². The van der Waals surface area contributed by atoms with Crippen LogP contribution in [0.25, 0.3) is 0 Å². The van der Waals surface area contributed by atoms with E-state index in [0.717, 1.165) is 12.1 Å². The van der Waals surface area contributed by atoms with Gasteiger partial charge in [-0.15, -0.1) is 0 Å². The lowest BCUT2D eigenvalue weighted by atomic mass is 9.87. The molecule has 2 aliphatic rings. The van der Waals surface area contributed by atoms with E-state index in [0.29, 0.717) is 5.02 Å². The van der Waals surface area contributed by atoms with E-state index in [1.807, 2.05) is 0 Å². The summed E-state index contributed by atoms with van der Waals surface area (Å²) in [5.74, 6) is 0.206. The first-order valence-electron chi connectivity index (χ1n) is 6.44. The number of nitrogens with one attached hydrogen (secondary N) is 1. The Morgan fingerprint density at radius 1 is 1.06 bits per heavy atom. The van der Waals surface area contributed by atoms with Crippen LogP contribution < -0.4 is 5.32 Å². The third-order valence-corrected chi connectivity index (χ3v) is 3.73. The van der Waals surface area contributed by atoms with Gasteiger partial charge in [-0.1, -0.05) is 30.5 Å². The zero-order valence-corrected chi connectivity index (χ0v) is 10.8. The van der Waals surface area contributed by atoms with Crippen LogP contribution >= 0.6 is 11.6 Å². The third-order valence-electron chi connectivity index (χ3n) is 3.49. The number of fused-ring (bicyclic) bond motifs is 2. The highest BCUT2D eigenvalue weighted by molar-refractivity contribution is 6.30. The van der Waals surface area contributed by atoms with E-state index in [-0.39, 0.29) is 5.75 Å². The summed E-state index contributed by atoms with van der Waals surface area (Å²) in [6.45, 7) is 0. The van der Waals surface area contributed by atoms with E-state index in [1.165, 1.54) is 44.6 Å². The monoisotopic (exact) mass is 253 g/mol. The van der Waals surface area contributed by atoms with Crippen LogP contribution in [-0.2, 0) is 0 Å². The predicted octanol–water partition coefficient (Wildman–Crippen LogP) is 3.73. The molecule has 1 aromatic carbocycles. The Bertz CT molecular complexity index is 319. The maximum atomic E-state index is 8.73. The van der Waals surface area contributed by atoms with Crippen molar-refractivity contribution in [2.24, 2.45) is 0 Å². The van der Waals surface area contributed by atoms with E-state index in [4.69, 9.17) is 16.7 Å². The lowest BCUT2D eigenvalue weighted by molar-refractivity contribution is 0.243. The fourth-order valence-electron chi connectivity index (χ4n) is 2.65. The maximum Gasteiger partial charge on any atom is 0.117 e. The minimum Gasteiger partial charge on any atom is -0.508 e. The van der Waals surface area contributed by atoms with E-state index in [9.17, 15) is 0 Å². The Labute approximate surface area is 108 Å². The molecule has 2 nitrogen and oxygen atoms in total. The standard InChI is InChI=1S/C8H15N.C6H5ClO/c1-3-7-5-2-6-8(4-1)9-7;7-5-2-1-3-6(8)4-5/h7-9H,1-6H2;1-4,8H. The van der Waals surface area contributed by atoms with Gasteiger partial charge < -0.3 is 10.4 Å². The van der Waals surface area contributed by atoms with Crippen LogP contribution in [0, 0.1) is 0 Å². The highest BCUT2D eigenvalue weighted by atomic mass is 35.5. The summed E-state index contributed by atoms with van der Waals surface area (Å²) in [7, 11) is 0. The molecule has 0 unspecified atom stereocenters. The smallest absolute Gasteiger partial charge is 0.117 e. The van der Waals surface area contributed by atoms with Gasteiger partial charge in [0, 0.05) is 17.1 Å². The van der Waals surface area contributed by atoms with E-state index >= 15 is 0 Å². The van der Waals surface area contributed by atoms with Crippen LogP contribution in [-0.4, -0.2) is 17.2 Å². The van der Waals surface area contributed by atoms with Crippen LogP contribution in [0.2, 0.25) is 5.02 Å². The van der Waals surface area contributed by atoms with Gasteiger partial charge in [0.1, 0.15) is 5.75 Å². The van der Waals surface area contributed by atoms with Crippen molar-refractivity contribution < 1.29 is 5.11 Å². The van der Waals surface area contributed by atoms with Gasteiger partial charge >= 0.3 is 0 Å². The van der Waals surface area contributed by atoms with Gasteiger partial charge in [0.25, 0.3) is 0 Å². The summed E-state index contributed by atoms with van der Waals surface area (Å²) in [5.41, 5.74) is 0. The van der Waals surface area contributed by atoms with Gasteiger partial charge in [-0.05, 0) is 43.9 Å². The summed E-state index contributed by atoms with van der Waals surface area (Å²) in [6, 6.07) is 8.27. The number of halogens is 1. The quantitative estimate of drug-likeness (QED) is 0.739. The molecular weight excluding hydrogens is 234 g/mol. The number of phenols is 1. The van der Waals surface area contributed by atoms with Crippen molar-refractivity contribution in [3.05, 3.63) is 29.3 Å². The molecule has 2 heterocycles. The summed E-state index contributed by atoms with van der Waals surface area (Å²) < 4.78 is 0. The van der Waals surface area contributed by atoms with Crippen LogP contribution in [0.15, 0.2) is 24.3 Å². The second kappa shape index (κ2) is 6.27. The van der Waals surface area contributed by atoms with Gasteiger partial charge in [0.2, 0.25) is 0 Å². The molecule has 0 radical (unpaired) electrons. The molecule has 3 heteroatoms. The molecule has 2 saturated heterocycles. The number of hydrogen-bond donors (Lipinski definition) is 2. The Hall–Kier alpha value is -0.730. The number of rotatable bonds is 0. The molecule has 94 valence electrons. The van der Waals surface area contributed by atoms with Gasteiger partial charge in [-0.25, -0.2) is 0 Å². The lowest BCUT2D eigenvalue weighted by Gasteiger charge is -2.35. The van der Waals surface area contributed by atoms with Crippen molar-refractivity contribution in [3.8, 4) is 5.75 Å². The fraction of sp³-hybridized carbons (Fsp3) is 0.571. The molecule has 0 aliphatic carbocycles. The number of benzene rings is 1. The number of phenolic OH excluding ortho intramolecular Hbond substituents is 1. The van der Waals surface area contributed by atoms with Gasteiger partial charge in [-0.3, -0.25) is 0 Å². The minimum absolute atomic E-state index is 0.206. The highest BCUT2D eigenvalue weighted by Crippen LogP contribution is 2.24. The summed E-state index contributed by atoms with van der Waals surface area (Å²) in [5, 5.41) is 12.9. The second-order valence-corrected chi connectivity index (χ2v) is 5.34. The molecule has 0 aromatic heterocycles. The highest BCUT2D eigenvalue weighted by Gasteiger charge is 2.24. The second-order valence-electron chi connectivity index (χ2n) is 4.90. The Kier molecular flexibility index (Phi) is 4.69. The van der Waals surface area contributed by atoms with Crippen molar-refractivity contribution in [1.82, 2.24) is 5.32 Å². The van der Waals surface area contributed by atoms with E-state index < -0.39 is 0 Å². The largest absolute Gasteiger partial charge is 0.508 e. The zero-order valence-electron chi connectivity index (χ0n) is 10.0. The third kappa shape index (κ3) is 4.21. The molecule has 0 spiro atoms. The molecule has 17 heavy (non-hydrogen) atoms. The maximum absolute atomic E-state index is 8.73. The zero-order chi connectivity index (χ0) is 12.1. The van der Waals surface area contributed by atoms with Crippen LogP contribution in [0.3, 0.4) is 0 Å². The molecule has 2 bridgehead atoms. The molecule has 0 amide bonds. The van der Waals surface area contributed by atoms with Crippen molar-refractivity contribution in [2.45, 2.75) is 50.6 Å². The van der Waals surface area contributed by atoms with Gasteiger partial charge in [-0.2, -0.15) is 0 Å². The number of hydrogen-bond acceptors (Lipinski definition) is 2. The molecule has 2 N–H and O–H groups in total. The normalized spacial score (nSPS) is 26.9. The van der Waals surface area contributed by atoms with Crippen molar-refractivity contribution >= 4 is 11.6 Å². The van der Waals surface area contributed by atoms with Crippen molar-refractivity contribution in [1.29, 1.82) is 0 Å². The average molecular weight is 254 g/mol. The number of piperidine rings is 2.